The molecule has 1 saturated carbocycles. The van der Waals surface area contributed by atoms with Crippen molar-refractivity contribution >= 4 is 6.03 Å². The summed E-state index contributed by atoms with van der Waals surface area (Å²) in [4.78, 5) is 14.0. The molecule has 1 saturated heterocycles. The Morgan fingerprint density at radius 1 is 1.41 bits per heavy atom. The Morgan fingerprint density at radius 3 is 2.76 bits per heavy atom. The van der Waals surface area contributed by atoms with Crippen LogP contribution in [0.1, 0.15) is 40.0 Å². The van der Waals surface area contributed by atoms with Crippen molar-refractivity contribution in [2.75, 3.05) is 20.4 Å². The Hall–Kier alpha value is -0.770. The molecule has 1 heterocycles. The van der Waals surface area contributed by atoms with E-state index in [9.17, 15) is 4.79 Å². The Labute approximate surface area is 104 Å². The zero-order chi connectivity index (χ0) is 12.7. The van der Waals surface area contributed by atoms with E-state index in [1.165, 1.54) is 6.42 Å². The van der Waals surface area contributed by atoms with Crippen molar-refractivity contribution in [3.8, 4) is 0 Å². The van der Waals surface area contributed by atoms with Gasteiger partial charge in [-0.3, -0.25) is 0 Å². The third-order valence-electron chi connectivity index (χ3n) is 4.04. The normalized spacial score (nSPS) is 34.8. The largest absolute Gasteiger partial charge is 0.364 e. The van der Waals surface area contributed by atoms with Crippen LogP contribution in [0.3, 0.4) is 0 Å². The Morgan fingerprint density at radius 2 is 2.12 bits per heavy atom. The number of fused-ring (bicyclic) bond motifs is 2. The molecule has 2 rings (SSSR count). The van der Waals surface area contributed by atoms with Crippen molar-refractivity contribution < 1.29 is 9.53 Å². The van der Waals surface area contributed by atoms with Gasteiger partial charge in [-0.15, -0.1) is 0 Å². The lowest BCUT2D eigenvalue weighted by atomic mass is 9.65. The summed E-state index contributed by atoms with van der Waals surface area (Å²) in [5.74, 6) is 0. The highest BCUT2D eigenvalue weighted by Crippen LogP contribution is 2.52. The van der Waals surface area contributed by atoms with Crippen LogP contribution in [0.5, 0.6) is 0 Å². The molecule has 0 radical (unpaired) electrons. The molecular formula is C13H24N2O2. The number of hydrogen-bond acceptors (Lipinski definition) is 2. The summed E-state index contributed by atoms with van der Waals surface area (Å²) >= 11 is 0. The fraction of sp³-hybridized carbons (Fsp3) is 0.923. The molecule has 0 aromatic heterocycles. The van der Waals surface area contributed by atoms with Crippen LogP contribution >= 0.6 is 0 Å². The predicted octanol–water partition coefficient (Wildman–Crippen LogP) is 2.20. The molecule has 4 heteroatoms. The number of rotatable bonds is 2. The van der Waals surface area contributed by atoms with E-state index >= 15 is 0 Å². The lowest BCUT2D eigenvalue weighted by molar-refractivity contribution is 0.125. The minimum atomic E-state index is 0.0262. The number of nitrogens with zero attached hydrogens (tertiary/aromatic N) is 1. The highest BCUT2D eigenvalue weighted by molar-refractivity contribution is 5.75. The molecule has 2 aliphatic rings. The van der Waals surface area contributed by atoms with Gasteiger partial charge in [-0.2, -0.15) is 0 Å². The van der Waals surface area contributed by atoms with E-state index in [0.29, 0.717) is 23.6 Å². The van der Waals surface area contributed by atoms with Crippen molar-refractivity contribution in [3.63, 3.8) is 0 Å². The number of likely N-dealkylation sites (tertiary alicyclic amines) is 1. The van der Waals surface area contributed by atoms with Gasteiger partial charge in [0.15, 0.2) is 0 Å². The van der Waals surface area contributed by atoms with E-state index in [0.717, 1.165) is 19.4 Å². The van der Waals surface area contributed by atoms with Crippen molar-refractivity contribution in [2.24, 2.45) is 10.8 Å². The predicted molar refractivity (Wildman–Crippen MR) is 66.6 cm³/mol. The maximum Gasteiger partial charge on any atom is 0.319 e. The highest BCUT2D eigenvalue weighted by atomic mass is 16.5. The summed E-state index contributed by atoms with van der Waals surface area (Å²) in [6, 6.07) is 0.430. The molecule has 98 valence electrons. The molecule has 1 aliphatic carbocycles. The van der Waals surface area contributed by atoms with Crippen LogP contribution in [0, 0.1) is 10.8 Å². The number of amides is 2. The summed E-state index contributed by atoms with van der Waals surface area (Å²) in [5.41, 5.74) is 0.658. The van der Waals surface area contributed by atoms with Gasteiger partial charge in [-0.1, -0.05) is 20.8 Å². The van der Waals surface area contributed by atoms with Gasteiger partial charge in [0.05, 0.1) is 0 Å². The van der Waals surface area contributed by atoms with Gasteiger partial charge in [-0.25, -0.2) is 4.79 Å². The van der Waals surface area contributed by atoms with Gasteiger partial charge in [0.1, 0.15) is 6.73 Å². The SMILES string of the molecule is COCNC(=O)N1CC2(C)CC1CC(C)(C)C2. The van der Waals surface area contributed by atoms with Crippen LogP contribution in [-0.2, 0) is 4.74 Å². The lowest BCUT2D eigenvalue weighted by Crippen LogP contribution is -2.44. The first-order chi connectivity index (χ1) is 7.85. The smallest absolute Gasteiger partial charge is 0.319 e. The molecule has 4 nitrogen and oxygen atoms in total. The Bertz CT molecular complexity index is 317. The summed E-state index contributed by atoms with van der Waals surface area (Å²) in [7, 11) is 1.59. The summed E-state index contributed by atoms with van der Waals surface area (Å²) in [6.45, 7) is 8.12. The van der Waals surface area contributed by atoms with Gasteiger partial charge in [0.2, 0.25) is 0 Å². The van der Waals surface area contributed by atoms with Crippen molar-refractivity contribution in [3.05, 3.63) is 0 Å². The number of carbonyl (C=O) groups excluding carboxylic acids is 1. The van der Waals surface area contributed by atoms with E-state index in [4.69, 9.17) is 4.74 Å². The molecule has 2 unspecified atom stereocenters. The van der Waals surface area contributed by atoms with E-state index in [1.54, 1.807) is 7.11 Å². The van der Waals surface area contributed by atoms with Crippen LogP contribution in [-0.4, -0.2) is 37.4 Å². The van der Waals surface area contributed by atoms with Gasteiger partial charge in [-0.05, 0) is 30.1 Å². The number of hydrogen-bond donors (Lipinski definition) is 1. The fourth-order valence-electron chi connectivity index (χ4n) is 3.93. The van der Waals surface area contributed by atoms with Crippen LogP contribution in [0.2, 0.25) is 0 Å². The minimum Gasteiger partial charge on any atom is -0.364 e. The van der Waals surface area contributed by atoms with Gasteiger partial charge >= 0.3 is 6.03 Å². The van der Waals surface area contributed by atoms with E-state index in [-0.39, 0.29) is 6.03 Å². The fourth-order valence-corrected chi connectivity index (χ4v) is 3.93. The third-order valence-corrected chi connectivity index (χ3v) is 4.04. The van der Waals surface area contributed by atoms with E-state index in [2.05, 4.69) is 26.1 Å². The lowest BCUT2D eigenvalue weighted by Gasteiger charge is -2.39. The molecular weight excluding hydrogens is 216 g/mol. The second-order valence-electron chi connectivity index (χ2n) is 6.76. The number of urea groups is 1. The number of ether oxygens (including phenoxy) is 1. The first-order valence-electron chi connectivity index (χ1n) is 6.39. The summed E-state index contributed by atoms with van der Waals surface area (Å²) in [5, 5.41) is 2.80. The molecule has 2 amide bonds. The van der Waals surface area contributed by atoms with Gasteiger partial charge < -0.3 is 15.0 Å². The third kappa shape index (κ3) is 2.57. The maximum atomic E-state index is 12.0. The molecule has 2 atom stereocenters. The van der Waals surface area contributed by atoms with Crippen molar-refractivity contribution in [1.82, 2.24) is 10.2 Å². The second kappa shape index (κ2) is 4.16. The molecule has 17 heavy (non-hydrogen) atoms. The zero-order valence-electron chi connectivity index (χ0n) is 11.4. The molecule has 1 aliphatic heterocycles. The molecule has 1 N–H and O–H groups in total. The van der Waals surface area contributed by atoms with Crippen LogP contribution in [0.25, 0.3) is 0 Å². The second-order valence-corrected chi connectivity index (χ2v) is 6.76. The van der Waals surface area contributed by atoms with E-state index < -0.39 is 0 Å². The molecule has 0 aromatic rings. The summed E-state index contributed by atoms with van der Waals surface area (Å²) in [6.07, 6.45) is 3.48. The Kier molecular flexibility index (Phi) is 3.10. The average molecular weight is 240 g/mol. The van der Waals surface area contributed by atoms with Crippen LogP contribution in [0.15, 0.2) is 0 Å². The standard InChI is InChI=1S/C13H24N2O2/c1-12(2)5-10-6-13(3,7-12)8-15(10)11(16)14-9-17-4/h10H,5-9H2,1-4H3,(H,14,16). The van der Waals surface area contributed by atoms with Crippen molar-refractivity contribution in [1.29, 1.82) is 0 Å². The van der Waals surface area contributed by atoms with E-state index in [1.807, 2.05) is 4.90 Å². The van der Waals surface area contributed by atoms with Gasteiger partial charge in [0.25, 0.3) is 0 Å². The molecule has 2 bridgehead atoms. The molecule has 0 aromatic carbocycles. The first kappa shape index (κ1) is 12.7. The zero-order valence-corrected chi connectivity index (χ0v) is 11.4. The quantitative estimate of drug-likeness (QED) is 0.752. The summed E-state index contributed by atoms with van der Waals surface area (Å²) < 4.78 is 4.89. The monoisotopic (exact) mass is 240 g/mol. The minimum absolute atomic E-state index is 0.0262. The maximum absolute atomic E-state index is 12.0. The molecule has 2 fully saturated rings. The number of carbonyl (C=O) groups is 1. The average Bonchev–Trinajstić information content (AvgIpc) is 2.44. The van der Waals surface area contributed by atoms with Crippen LogP contribution in [0.4, 0.5) is 4.79 Å². The topological polar surface area (TPSA) is 41.6 Å². The Balaban J connectivity index is 2.05. The van der Waals surface area contributed by atoms with Crippen molar-refractivity contribution in [2.45, 2.75) is 46.1 Å². The highest BCUT2D eigenvalue weighted by Gasteiger charge is 2.50. The van der Waals surface area contributed by atoms with Gasteiger partial charge in [0, 0.05) is 19.7 Å². The molecule has 0 spiro atoms. The number of nitrogens with one attached hydrogen (secondary N) is 1. The first-order valence-corrected chi connectivity index (χ1v) is 6.39. The number of methoxy groups -OCH3 is 1. The van der Waals surface area contributed by atoms with Crippen LogP contribution < -0.4 is 5.32 Å².